The predicted octanol–water partition coefficient (Wildman–Crippen LogP) is 4.05. The van der Waals surface area contributed by atoms with Crippen LogP contribution in [-0.2, 0) is 6.54 Å². The third-order valence-corrected chi connectivity index (χ3v) is 3.79. The van der Waals surface area contributed by atoms with Gasteiger partial charge in [0.05, 0.1) is 6.54 Å². The van der Waals surface area contributed by atoms with Crippen LogP contribution in [0.3, 0.4) is 0 Å². The van der Waals surface area contributed by atoms with Gasteiger partial charge in [0.25, 0.3) is 11.5 Å². The minimum atomic E-state index is -4.84. The summed E-state index contributed by atoms with van der Waals surface area (Å²) in [5.74, 6) is -1.20. The fourth-order valence-corrected chi connectivity index (χ4v) is 2.58. The summed E-state index contributed by atoms with van der Waals surface area (Å²) in [6, 6.07) is 17.0. The molecule has 1 amide bonds. The molecule has 1 aromatic heterocycles. The van der Waals surface area contributed by atoms with Gasteiger partial charge < -0.3 is 14.6 Å². The lowest BCUT2D eigenvalue weighted by Crippen LogP contribution is -2.29. The van der Waals surface area contributed by atoms with Crippen LogP contribution in [0.2, 0.25) is 0 Å². The zero-order valence-electron chi connectivity index (χ0n) is 14.4. The summed E-state index contributed by atoms with van der Waals surface area (Å²) in [4.78, 5) is 25.0. The molecule has 0 bridgehead atoms. The number of amides is 1. The number of nitrogens with one attached hydrogen (secondary N) is 1. The average molecular weight is 388 g/mol. The van der Waals surface area contributed by atoms with Crippen LogP contribution in [0.5, 0.6) is 5.75 Å². The smallest absolute Gasteiger partial charge is 0.406 e. The SMILES string of the molecule is O=C(Nc1cccc(OC(F)(F)F)c1)c1cccn(Cc2ccccc2)c1=O. The Morgan fingerprint density at radius 1 is 1.00 bits per heavy atom. The first kappa shape index (κ1) is 19.2. The number of carbonyl (C=O) groups is 1. The van der Waals surface area contributed by atoms with E-state index in [2.05, 4.69) is 10.1 Å². The van der Waals surface area contributed by atoms with Gasteiger partial charge in [-0.15, -0.1) is 13.2 Å². The largest absolute Gasteiger partial charge is 0.573 e. The lowest BCUT2D eigenvalue weighted by Gasteiger charge is -2.11. The lowest BCUT2D eigenvalue weighted by molar-refractivity contribution is -0.274. The molecule has 0 saturated carbocycles. The highest BCUT2D eigenvalue weighted by Crippen LogP contribution is 2.25. The number of alkyl halides is 3. The van der Waals surface area contributed by atoms with Gasteiger partial charge in [0.15, 0.2) is 0 Å². The molecule has 0 saturated heterocycles. The first-order valence-corrected chi connectivity index (χ1v) is 8.22. The summed E-state index contributed by atoms with van der Waals surface area (Å²) in [5.41, 5.74) is 0.330. The van der Waals surface area contributed by atoms with Crippen molar-refractivity contribution in [1.29, 1.82) is 0 Å². The van der Waals surface area contributed by atoms with Crippen LogP contribution in [0.4, 0.5) is 18.9 Å². The normalized spacial score (nSPS) is 11.1. The van der Waals surface area contributed by atoms with Crippen molar-refractivity contribution >= 4 is 11.6 Å². The fourth-order valence-electron chi connectivity index (χ4n) is 2.58. The zero-order valence-corrected chi connectivity index (χ0v) is 14.4. The van der Waals surface area contributed by atoms with Crippen LogP contribution < -0.4 is 15.6 Å². The maximum atomic E-state index is 12.6. The monoisotopic (exact) mass is 388 g/mol. The van der Waals surface area contributed by atoms with Gasteiger partial charge in [-0.25, -0.2) is 0 Å². The molecule has 3 rings (SSSR count). The number of hydrogen-bond donors (Lipinski definition) is 1. The Labute approximate surface area is 158 Å². The van der Waals surface area contributed by atoms with Crippen molar-refractivity contribution in [2.45, 2.75) is 12.9 Å². The third-order valence-electron chi connectivity index (χ3n) is 3.79. The molecule has 0 atom stereocenters. The number of aromatic nitrogens is 1. The Bertz CT molecular complexity index is 1030. The molecular formula is C20H15F3N2O3. The van der Waals surface area contributed by atoms with Crippen LogP contribution in [0.15, 0.2) is 77.7 Å². The number of carbonyl (C=O) groups excluding carboxylic acids is 1. The molecule has 5 nitrogen and oxygen atoms in total. The number of anilines is 1. The third kappa shape index (κ3) is 5.00. The summed E-state index contributed by atoms with van der Waals surface area (Å²) < 4.78 is 42.2. The van der Waals surface area contributed by atoms with Crippen LogP contribution in [0.25, 0.3) is 0 Å². The molecule has 2 aromatic carbocycles. The van der Waals surface area contributed by atoms with Crippen molar-refractivity contribution in [2.75, 3.05) is 5.32 Å². The molecule has 3 aromatic rings. The Morgan fingerprint density at radius 2 is 1.75 bits per heavy atom. The number of hydrogen-bond acceptors (Lipinski definition) is 3. The lowest BCUT2D eigenvalue weighted by atomic mass is 10.2. The average Bonchev–Trinajstić information content (AvgIpc) is 2.63. The van der Waals surface area contributed by atoms with Gasteiger partial charge in [0.2, 0.25) is 0 Å². The van der Waals surface area contributed by atoms with Crippen molar-refractivity contribution in [1.82, 2.24) is 4.57 Å². The van der Waals surface area contributed by atoms with E-state index in [1.54, 1.807) is 12.3 Å². The summed E-state index contributed by atoms with van der Waals surface area (Å²) >= 11 is 0. The molecule has 0 aliphatic carbocycles. The Morgan fingerprint density at radius 3 is 2.46 bits per heavy atom. The van der Waals surface area contributed by atoms with Gasteiger partial charge in [-0.2, -0.15) is 0 Å². The molecule has 0 spiro atoms. The van der Waals surface area contributed by atoms with Crippen molar-refractivity contribution < 1.29 is 22.7 Å². The second-order valence-corrected chi connectivity index (χ2v) is 5.87. The fraction of sp³-hybridized carbons (Fsp3) is 0.100. The molecule has 0 aliphatic rings. The van der Waals surface area contributed by atoms with E-state index < -0.39 is 23.6 Å². The number of nitrogens with zero attached hydrogens (tertiary/aromatic N) is 1. The van der Waals surface area contributed by atoms with E-state index in [4.69, 9.17) is 0 Å². The van der Waals surface area contributed by atoms with Crippen molar-refractivity contribution in [3.63, 3.8) is 0 Å². The zero-order chi connectivity index (χ0) is 20.1. The van der Waals surface area contributed by atoms with E-state index in [0.717, 1.165) is 17.7 Å². The van der Waals surface area contributed by atoms with Gasteiger partial charge in [-0.1, -0.05) is 36.4 Å². The molecule has 28 heavy (non-hydrogen) atoms. The number of pyridine rings is 1. The van der Waals surface area contributed by atoms with E-state index in [-0.39, 0.29) is 17.8 Å². The molecular weight excluding hydrogens is 373 g/mol. The molecule has 0 unspecified atom stereocenters. The number of halogens is 3. The standard InChI is InChI=1S/C20H15F3N2O3/c21-20(22,23)28-16-9-4-8-15(12-16)24-18(26)17-10-5-11-25(19(17)27)13-14-6-2-1-3-7-14/h1-12H,13H2,(H,24,26). The van der Waals surface area contributed by atoms with E-state index in [9.17, 15) is 22.8 Å². The molecule has 1 heterocycles. The number of ether oxygens (including phenoxy) is 1. The highest BCUT2D eigenvalue weighted by atomic mass is 19.4. The van der Waals surface area contributed by atoms with E-state index in [1.807, 2.05) is 30.3 Å². The molecule has 144 valence electrons. The van der Waals surface area contributed by atoms with Gasteiger partial charge in [0, 0.05) is 18.0 Å². The minimum Gasteiger partial charge on any atom is -0.406 e. The molecule has 0 aliphatic heterocycles. The number of benzene rings is 2. The highest BCUT2D eigenvalue weighted by molar-refractivity contribution is 6.04. The van der Waals surface area contributed by atoms with Crippen molar-refractivity contribution in [3.05, 3.63) is 94.4 Å². The van der Waals surface area contributed by atoms with Gasteiger partial charge in [-0.05, 0) is 29.8 Å². The van der Waals surface area contributed by atoms with Crippen LogP contribution in [-0.4, -0.2) is 16.8 Å². The maximum Gasteiger partial charge on any atom is 0.573 e. The predicted molar refractivity (Wildman–Crippen MR) is 97.3 cm³/mol. The number of rotatable bonds is 5. The Kier molecular flexibility index (Phi) is 5.49. The Hall–Kier alpha value is -3.55. The van der Waals surface area contributed by atoms with Crippen LogP contribution in [0, 0.1) is 0 Å². The van der Waals surface area contributed by atoms with E-state index >= 15 is 0 Å². The summed E-state index contributed by atoms with van der Waals surface area (Å²) in [7, 11) is 0. The van der Waals surface area contributed by atoms with Crippen LogP contribution >= 0.6 is 0 Å². The maximum absolute atomic E-state index is 12.6. The summed E-state index contributed by atoms with van der Waals surface area (Å²) in [6.45, 7) is 0.287. The van der Waals surface area contributed by atoms with Crippen LogP contribution in [0.1, 0.15) is 15.9 Å². The second-order valence-electron chi connectivity index (χ2n) is 5.87. The Balaban J connectivity index is 1.79. The van der Waals surface area contributed by atoms with Crippen molar-refractivity contribution in [3.8, 4) is 5.75 Å². The minimum absolute atomic E-state index is 0.0737. The van der Waals surface area contributed by atoms with Gasteiger partial charge >= 0.3 is 6.36 Å². The molecule has 1 N–H and O–H groups in total. The topological polar surface area (TPSA) is 60.3 Å². The summed E-state index contributed by atoms with van der Waals surface area (Å²) in [6.07, 6.45) is -3.28. The second kappa shape index (κ2) is 7.99. The first-order chi connectivity index (χ1) is 13.3. The molecule has 0 radical (unpaired) electrons. The van der Waals surface area contributed by atoms with E-state index in [1.165, 1.54) is 22.8 Å². The van der Waals surface area contributed by atoms with Gasteiger partial charge in [-0.3, -0.25) is 9.59 Å². The summed E-state index contributed by atoms with van der Waals surface area (Å²) in [5, 5.41) is 2.42. The highest BCUT2D eigenvalue weighted by Gasteiger charge is 2.31. The first-order valence-electron chi connectivity index (χ1n) is 8.22. The quantitative estimate of drug-likeness (QED) is 0.718. The molecule has 0 fully saturated rings. The molecule has 8 heteroatoms. The van der Waals surface area contributed by atoms with E-state index in [0.29, 0.717) is 0 Å². The van der Waals surface area contributed by atoms with Gasteiger partial charge in [0.1, 0.15) is 11.3 Å². The van der Waals surface area contributed by atoms with Crippen molar-refractivity contribution in [2.24, 2.45) is 0 Å².